The van der Waals surface area contributed by atoms with Crippen molar-refractivity contribution >= 4 is 43.1 Å². The summed E-state index contributed by atoms with van der Waals surface area (Å²) < 4.78 is 27.5. The van der Waals surface area contributed by atoms with Gasteiger partial charge in [0.15, 0.2) is 0 Å². The molecule has 0 radical (unpaired) electrons. The highest BCUT2D eigenvalue weighted by atomic mass is 79.9. The highest BCUT2D eigenvalue weighted by Crippen LogP contribution is 2.29. The maximum absolute atomic E-state index is 12.2. The van der Waals surface area contributed by atoms with Crippen molar-refractivity contribution in [2.24, 2.45) is 16.3 Å². The normalized spacial score (nSPS) is 13.8. The Balaban J connectivity index is 2.91. The van der Waals surface area contributed by atoms with Crippen LogP contribution in [0.1, 0.15) is 18.7 Å². The van der Waals surface area contributed by atoms with Gasteiger partial charge in [-0.3, -0.25) is 0 Å². The molecular weight excluding hydrogens is 354 g/mol. The maximum atomic E-state index is 12.2. The third-order valence-corrected chi connectivity index (χ3v) is 5.85. The van der Waals surface area contributed by atoms with Gasteiger partial charge < -0.3 is 10.9 Å². The van der Waals surface area contributed by atoms with Gasteiger partial charge in [-0.2, -0.15) is 0 Å². The molecule has 0 spiro atoms. The SMILES string of the molecule is Cc1sc(Br)cc1S(=O)(=O)NCC(C)(C)C(N)=NO. The molecule has 19 heavy (non-hydrogen) atoms. The smallest absolute Gasteiger partial charge is 0.241 e. The second kappa shape index (κ2) is 5.78. The largest absolute Gasteiger partial charge is 0.409 e. The molecule has 0 bridgehead atoms. The van der Waals surface area contributed by atoms with Crippen LogP contribution in [0.5, 0.6) is 0 Å². The molecule has 0 aromatic carbocycles. The lowest BCUT2D eigenvalue weighted by Crippen LogP contribution is -2.42. The first-order valence-electron chi connectivity index (χ1n) is 5.34. The summed E-state index contributed by atoms with van der Waals surface area (Å²) in [5, 5.41) is 11.6. The first-order valence-corrected chi connectivity index (χ1v) is 8.43. The minimum atomic E-state index is -3.61. The molecule has 0 aliphatic heterocycles. The molecule has 0 unspecified atom stereocenters. The molecule has 1 heterocycles. The van der Waals surface area contributed by atoms with Gasteiger partial charge in [0.2, 0.25) is 10.0 Å². The summed E-state index contributed by atoms with van der Waals surface area (Å²) in [6.07, 6.45) is 0. The molecule has 0 aliphatic rings. The molecule has 0 saturated heterocycles. The van der Waals surface area contributed by atoms with Crippen molar-refractivity contribution in [3.05, 3.63) is 14.7 Å². The van der Waals surface area contributed by atoms with E-state index in [-0.39, 0.29) is 17.3 Å². The fraction of sp³-hybridized carbons (Fsp3) is 0.500. The van der Waals surface area contributed by atoms with E-state index >= 15 is 0 Å². The van der Waals surface area contributed by atoms with Crippen LogP contribution in [0.25, 0.3) is 0 Å². The molecule has 0 saturated carbocycles. The average Bonchev–Trinajstić information content (AvgIpc) is 2.66. The van der Waals surface area contributed by atoms with Crippen LogP contribution < -0.4 is 10.5 Å². The minimum Gasteiger partial charge on any atom is -0.409 e. The minimum absolute atomic E-state index is 0.0292. The Morgan fingerprint density at radius 1 is 1.63 bits per heavy atom. The van der Waals surface area contributed by atoms with Crippen LogP contribution in [0.3, 0.4) is 0 Å². The molecule has 0 amide bonds. The molecule has 0 aliphatic carbocycles. The fourth-order valence-electron chi connectivity index (χ4n) is 1.28. The number of oxime groups is 1. The van der Waals surface area contributed by atoms with E-state index in [4.69, 9.17) is 10.9 Å². The number of halogens is 1. The molecule has 9 heteroatoms. The maximum Gasteiger partial charge on any atom is 0.241 e. The van der Waals surface area contributed by atoms with E-state index < -0.39 is 15.4 Å². The lowest BCUT2D eigenvalue weighted by Gasteiger charge is -2.22. The molecule has 6 nitrogen and oxygen atoms in total. The van der Waals surface area contributed by atoms with Gasteiger partial charge in [0.25, 0.3) is 0 Å². The number of hydrogen-bond acceptors (Lipinski definition) is 5. The van der Waals surface area contributed by atoms with Crippen molar-refractivity contribution in [1.82, 2.24) is 4.72 Å². The molecule has 1 aromatic rings. The van der Waals surface area contributed by atoms with E-state index in [0.29, 0.717) is 4.88 Å². The van der Waals surface area contributed by atoms with Crippen LogP contribution >= 0.6 is 27.3 Å². The summed E-state index contributed by atoms with van der Waals surface area (Å²) in [6.45, 7) is 5.14. The number of rotatable bonds is 5. The van der Waals surface area contributed by atoms with Crippen LogP contribution in [0.4, 0.5) is 0 Å². The number of nitrogens with one attached hydrogen (secondary N) is 1. The molecule has 0 fully saturated rings. The highest BCUT2D eigenvalue weighted by molar-refractivity contribution is 9.11. The second-order valence-corrected chi connectivity index (χ2v) is 9.04. The number of amidine groups is 1. The first kappa shape index (κ1) is 16.4. The van der Waals surface area contributed by atoms with Crippen molar-refractivity contribution in [3.63, 3.8) is 0 Å². The predicted molar refractivity (Wildman–Crippen MR) is 79.1 cm³/mol. The standard InChI is InChI=1S/C10H16BrN3O3S2/c1-6-7(4-8(11)18-6)19(16,17)13-5-10(2,3)9(12)14-15/h4,13,15H,5H2,1-3H3,(H2,12,14). The Kier molecular flexibility index (Phi) is 4.99. The lowest BCUT2D eigenvalue weighted by molar-refractivity contribution is 0.307. The lowest BCUT2D eigenvalue weighted by atomic mass is 9.93. The van der Waals surface area contributed by atoms with Gasteiger partial charge in [0.05, 0.1) is 8.68 Å². The van der Waals surface area contributed by atoms with Crippen molar-refractivity contribution in [2.75, 3.05) is 6.54 Å². The van der Waals surface area contributed by atoms with Crippen LogP contribution in [-0.2, 0) is 10.0 Å². The fourth-order valence-corrected chi connectivity index (χ4v) is 4.90. The van der Waals surface area contributed by atoms with Crippen molar-refractivity contribution in [2.45, 2.75) is 25.7 Å². The van der Waals surface area contributed by atoms with Crippen molar-refractivity contribution < 1.29 is 13.6 Å². The quantitative estimate of drug-likeness (QED) is 0.318. The topological polar surface area (TPSA) is 105 Å². The predicted octanol–water partition coefficient (Wildman–Crippen LogP) is 1.87. The van der Waals surface area contributed by atoms with Crippen molar-refractivity contribution in [3.8, 4) is 0 Å². The van der Waals surface area contributed by atoms with E-state index in [1.807, 2.05) is 0 Å². The second-order valence-electron chi connectivity index (χ2n) is 4.66. The van der Waals surface area contributed by atoms with Crippen LogP contribution in [0, 0.1) is 12.3 Å². The van der Waals surface area contributed by atoms with E-state index in [2.05, 4.69) is 25.8 Å². The Morgan fingerprint density at radius 2 is 2.21 bits per heavy atom. The average molecular weight is 370 g/mol. The monoisotopic (exact) mass is 369 g/mol. The summed E-state index contributed by atoms with van der Waals surface area (Å²) in [5.41, 5.74) is 4.74. The number of nitrogens with two attached hydrogens (primary N) is 1. The van der Waals surface area contributed by atoms with Crippen LogP contribution in [0.15, 0.2) is 19.9 Å². The Labute approximate surface area is 124 Å². The van der Waals surface area contributed by atoms with E-state index in [0.717, 1.165) is 3.79 Å². The number of hydrogen-bond donors (Lipinski definition) is 3. The van der Waals surface area contributed by atoms with Gasteiger partial charge in [-0.15, -0.1) is 11.3 Å². The van der Waals surface area contributed by atoms with Gasteiger partial charge in [0.1, 0.15) is 5.84 Å². The third-order valence-electron chi connectivity index (χ3n) is 2.64. The van der Waals surface area contributed by atoms with E-state index in [1.54, 1.807) is 26.8 Å². The zero-order valence-corrected chi connectivity index (χ0v) is 14.0. The molecule has 1 aromatic heterocycles. The number of nitrogens with zero attached hydrogens (tertiary/aromatic N) is 1. The number of thiophene rings is 1. The van der Waals surface area contributed by atoms with Crippen LogP contribution in [0.2, 0.25) is 0 Å². The number of aryl methyl sites for hydroxylation is 1. The summed E-state index contributed by atoms with van der Waals surface area (Å²) in [5.74, 6) is -0.0292. The van der Waals surface area contributed by atoms with Crippen LogP contribution in [-0.4, -0.2) is 26.0 Å². The number of sulfonamides is 1. The third kappa shape index (κ3) is 3.91. The molecule has 4 N–H and O–H groups in total. The zero-order valence-electron chi connectivity index (χ0n) is 10.8. The Morgan fingerprint density at radius 3 is 2.63 bits per heavy atom. The molecule has 1 rings (SSSR count). The summed E-state index contributed by atoms with van der Waals surface area (Å²) in [6, 6.07) is 1.55. The highest BCUT2D eigenvalue weighted by Gasteiger charge is 2.27. The molecule has 0 atom stereocenters. The Bertz CT molecular complexity index is 593. The summed E-state index contributed by atoms with van der Waals surface area (Å²) in [7, 11) is -3.61. The molecular formula is C10H16BrN3O3S2. The van der Waals surface area contributed by atoms with Gasteiger partial charge in [-0.05, 0) is 28.9 Å². The van der Waals surface area contributed by atoms with Crippen molar-refractivity contribution in [1.29, 1.82) is 0 Å². The van der Waals surface area contributed by atoms with Gasteiger partial charge in [-0.1, -0.05) is 19.0 Å². The van der Waals surface area contributed by atoms with E-state index in [1.165, 1.54) is 11.3 Å². The van der Waals surface area contributed by atoms with Gasteiger partial charge in [0, 0.05) is 16.8 Å². The van der Waals surface area contributed by atoms with Gasteiger partial charge >= 0.3 is 0 Å². The zero-order chi connectivity index (χ0) is 14.8. The Hall–Kier alpha value is -0.640. The molecule has 108 valence electrons. The van der Waals surface area contributed by atoms with Gasteiger partial charge in [-0.25, -0.2) is 13.1 Å². The first-order chi connectivity index (χ1) is 8.60. The summed E-state index contributed by atoms with van der Waals surface area (Å²) >= 11 is 4.60. The van der Waals surface area contributed by atoms with E-state index in [9.17, 15) is 8.42 Å². The summed E-state index contributed by atoms with van der Waals surface area (Å²) in [4.78, 5) is 0.931.